The molecule has 70 nitrogen and oxygen atoms in total. The summed E-state index contributed by atoms with van der Waals surface area (Å²) in [6.07, 6.45) is -71.6. The van der Waals surface area contributed by atoms with E-state index in [-0.39, 0.29) is 113 Å². The summed E-state index contributed by atoms with van der Waals surface area (Å²) in [6.45, 7) is -5.33. The number of ether oxygens (including phenoxy) is 14. The molecular weight excluding hydrogens is 1950 g/mol. The molecule has 35 atom stereocenters. The second-order valence-corrected chi connectivity index (χ2v) is 34.3. The summed E-state index contributed by atoms with van der Waals surface area (Å²) in [5, 5.41) is 250. The van der Waals surface area contributed by atoms with Crippen molar-refractivity contribution in [3.63, 3.8) is 0 Å². The Bertz CT molecular complexity index is 5370. The highest BCUT2D eigenvalue weighted by atomic mass is 16.8. The molecule has 21 aliphatic heterocycles. The van der Waals surface area contributed by atoms with Gasteiger partial charge in [-0.25, -0.2) is 28.1 Å². The van der Waals surface area contributed by atoms with Gasteiger partial charge in [0.15, 0.2) is 90.5 Å². The number of aliphatic hydroxyl groups is 14. The molecular formula is C75H116N35O35+. The zero-order valence-corrected chi connectivity index (χ0v) is 76.5. The fraction of sp³-hybridized carbons (Fsp3) is 0.720. The Balaban J connectivity index is 0.854. The van der Waals surface area contributed by atoms with Gasteiger partial charge in [0, 0.05) is 78.5 Å². The van der Waals surface area contributed by atoms with E-state index in [1.54, 1.807) is 0 Å². The lowest BCUT2D eigenvalue weighted by atomic mass is 9.94. The normalized spacial score (nSPS) is 34.6. The van der Waals surface area contributed by atoms with E-state index in [2.05, 4.69) is 109 Å². The summed E-state index contributed by atoms with van der Waals surface area (Å²) in [4.78, 5) is 93.8. The van der Waals surface area contributed by atoms with E-state index in [4.69, 9.17) is 106 Å². The van der Waals surface area contributed by atoms with Crippen molar-refractivity contribution in [1.29, 1.82) is 0 Å². The molecule has 70 heteroatoms. The van der Waals surface area contributed by atoms with E-state index >= 15 is 0 Å². The van der Waals surface area contributed by atoms with Crippen molar-refractivity contribution < 1.29 is 176 Å². The maximum Gasteiger partial charge on any atom is 0.305 e. The van der Waals surface area contributed by atoms with Crippen LogP contribution in [0.15, 0.2) is 43.4 Å². The van der Waals surface area contributed by atoms with Gasteiger partial charge in [-0.05, 0) is 0 Å². The van der Waals surface area contributed by atoms with Crippen molar-refractivity contribution in [2.24, 2.45) is 40.1 Å². The van der Waals surface area contributed by atoms with Gasteiger partial charge in [-0.3, -0.25) is 33.6 Å². The minimum atomic E-state index is -2.50. The average Bonchev–Trinajstić information content (AvgIpc) is 1.67. The first kappa shape index (κ1) is 108. The third kappa shape index (κ3) is 24.8. The molecule has 28 rings (SSSR count). The molecule has 0 spiro atoms. The lowest BCUT2D eigenvalue weighted by Gasteiger charge is -2.50. The van der Waals surface area contributed by atoms with Crippen molar-refractivity contribution in [3.05, 3.63) is 83.2 Å². The Morgan fingerprint density at radius 2 is 0.448 bits per heavy atom. The molecule has 7 aromatic rings. The highest BCUT2D eigenvalue weighted by Crippen LogP contribution is 2.42. The van der Waals surface area contributed by atoms with Gasteiger partial charge in [0.05, 0.1) is 88.2 Å². The summed E-state index contributed by atoms with van der Waals surface area (Å²) in [6, 6.07) is 0. The van der Waals surface area contributed by atoms with E-state index in [1.807, 2.05) is 0 Å². The van der Waals surface area contributed by atoms with Crippen LogP contribution in [0.5, 0.6) is 0 Å². The number of nitrogens with zero attached hydrogens (tertiary/aromatic N) is 20. The molecule has 21 fully saturated rings. The molecule has 800 valence electrons. The Morgan fingerprint density at radius 1 is 0.262 bits per heavy atom. The SMILES string of the molecule is NCCNC(=O)c1cn(CC2O[C@@H]3O[C@@H]4C(Cn5cc(C(=O)NCCN)nn5)O[C@@H](O[C@@H]5C([n+]6cc(C(=O)NCCN)n[nH]6)O[C@@H](O[C@@H]6C(Cn7cc(C(=O)NCCN)nn7)O[C@H](O[C@@H]7C(Cn8cc(C(=O)NCCN)nn8)O[C@@H](O[C@H]8C(Cn9cc(C(=O)NCCN)nn9)O[C@H](O[C@@H]9C(Cn%10cc(C(=O)NCN)nn%10)O[C@H](O[C@H]2[C@H](O)C3O)C(O)[C@H]9O)C(O)[C@H]8O)C(O)[C@H]7O)C(O)[C@H]6O)C(O)[C@H]5O)C(O)[C@H]4O)nn1. The quantitative estimate of drug-likeness (QED) is 0.0134. The molecule has 145 heavy (non-hydrogen) atoms. The molecule has 0 aliphatic carbocycles. The minimum absolute atomic E-state index is 0.0207. The lowest BCUT2D eigenvalue weighted by molar-refractivity contribution is -0.828. The molecule has 21 aliphatic rings. The van der Waals surface area contributed by atoms with Crippen LogP contribution in [0.1, 0.15) is 79.6 Å². The first-order chi connectivity index (χ1) is 69.7. The van der Waals surface area contributed by atoms with Crippen molar-refractivity contribution in [3.8, 4) is 0 Å². The van der Waals surface area contributed by atoms with Crippen molar-refractivity contribution in [2.75, 3.05) is 85.2 Å². The highest BCUT2D eigenvalue weighted by Gasteiger charge is 2.62. The van der Waals surface area contributed by atoms with E-state index in [0.717, 1.165) is 76.2 Å². The third-order valence-electron chi connectivity index (χ3n) is 24.1. The van der Waals surface area contributed by atoms with E-state index in [9.17, 15) is 105 Å². The van der Waals surface area contributed by atoms with Crippen LogP contribution in [0.4, 0.5) is 0 Å². The van der Waals surface area contributed by atoms with Gasteiger partial charge in [-0.2, -0.15) is 0 Å². The second kappa shape index (κ2) is 48.7. The Morgan fingerprint density at radius 3 is 0.655 bits per heavy atom. The fourth-order valence-electron chi connectivity index (χ4n) is 16.8. The van der Waals surface area contributed by atoms with Crippen molar-refractivity contribution in [2.45, 2.75) is 254 Å². The smallest absolute Gasteiger partial charge is 0.305 e. The Kier molecular flexibility index (Phi) is 36.3. The van der Waals surface area contributed by atoms with Crippen LogP contribution in [0.25, 0.3) is 0 Å². The van der Waals surface area contributed by atoms with Crippen LogP contribution in [-0.2, 0) is 106 Å². The zero-order chi connectivity index (χ0) is 103. The van der Waals surface area contributed by atoms with Gasteiger partial charge in [0.25, 0.3) is 41.7 Å². The number of nitrogens with two attached hydrogens (primary N) is 7. The number of aromatic nitrogens is 21. The topological polar surface area (TPSA) is 1020 Å². The molecule has 14 bridgehead atoms. The number of hydrogen-bond acceptors (Lipinski definition) is 55. The molecule has 36 N–H and O–H groups in total. The van der Waals surface area contributed by atoms with E-state index in [0.29, 0.717) is 0 Å². The lowest BCUT2D eigenvalue weighted by Crippen LogP contribution is -2.69. The number of hydrogen-bond donors (Lipinski definition) is 29. The largest absolute Gasteiger partial charge is 0.387 e. The van der Waals surface area contributed by atoms with E-state index in [1.165, 1.54) is 0 Å². The molecule has 7 amide bonds. The Hall–Kier alpha value is -11.1. The molecule has 0 radical (unpaired) electrons. The second-order valence-electron chi connectivity index (χ2n) is 34.3. The monoisotopic (exact) mass is 2070 g/mol. The van der Waals surface area contributed by atoms with Crippen molar-refractivity contribution in [1.82, 2.24) is 137 Å². The number of rotatable bonds is 33. The number of carbonyl (C=O) groups excluding carboxylic acids is 7. The number of aromatic amines is 1. The Labute approximate surface area is 815 Å². The number of aliphatic hydroxyl groups excluding tert-OH is 14. The molecule has 7 aromatic heterocycles. The zero-order valence-electron chi connectivity index (χ0n) is 76.5. The molecule has 0 saturated carbocycles. The first-order valence-corrected chi connectivity index (χ1v) is 45.7. The van der Waals surface area contributed by atoms with Gasteiger partial charge in [0.2, 0.25) is 0 Å². The molecule has 28 heterocycles. The van der Waals surface area contributed by atoms with Gasteiger partial charge in [-0.15, -0.1) is 35.3 Å². The minimum Gasteiger partial charge on any atom is -0.387 e. The summed E-state index contributed by atoms with van der Waals surface area (Å²) in [5.41, 5.74) is 37.2. The van der Waals surface area contributed by atoms with Crippen molar-refractivity contribution >= 4 is 41.4 Å². The summed E-state index contributed by atoms with van der Waals surface area (Å²) >= 11 is 0. The van der Waals surface area contributed by atoms with Gasteiger partial charge < -0.3 is 215 Å². The van der Waals surface area contributed by atoms with Gasteiger partial charge in [0.1, 0.15) is 159 Å². The average molecular weight is 2070 g/mol. The number of amides is 7. The number of carbonyl (C=O) groups is 7. The predicted molar refractivity (Wildman–Crippen MR) is 458 cm³/mol. The van der Waals surface area contributed by atoms with Crippen LogP contribution in [0, 0.1) is 0 Å². The first-order valence-electron chi connectivity index (χ1n) is 45.7. The van der Waals surface area contributed by atoms with Crippen LogP contribution in [0.2, 0.25) is 0 Å². The summed E-state index contributed by atoms with van der Waals surface area (Å²) in [7, 11) is 0. The predicted octanol–water partition coefficient (Wildman–Crippen LogP) is -22.8. The fourth-order valence-corrected chi connectivity index (χ4v) is 16.8. The summed E-state index contributed by atoms with van der Waals surface area (Å²) in [5.74, 6) is -5.74. The van der Waals surface area contributed by atoms with Crippen LogP contribution in [0.3, 0.4) is 0 Å². The summed E-state index contributed by atoms with van der Waals surface area (Å²) < 4.78 is 97.3. The maximum atomic E-state index is 13.7. The molecule has 21 saturated heterocycles. The number of nitrogens with one attached hydrogen (secondary N) is 8. The van der Waals surface area contributed by atoms with E-state index < -0.39 is 308 Å². The van der Waals surface area contributed by atoms with Crippen LogP contribution >= 0.6 is 0 Å². The van der Waals surface area contributed by atoms with Gasteiger partial charge >= 0.3 is 11.6 Å². The maximum absolute atomic E-state index is 13.7. The highest BCUT2D eigenvalue weighted by molar-refractivity contribution is 5.94. The molecule has 0 aromatic carbocycles. The third-order valence-corrected chi connectivity index (χ3v) is 24.1. The standard InChI is InChI=1S/C75H115N35O35/c76-1-7-83-61(125)27-13-104(97-90-27)20-34-54-40(111)47(118)70(132-34)140-57-37(23-109-18-32(95-102-109)67(131)89-26-82)135-71(49(120)43(57)114)139-55-35(21-105-14-28(91-98-105)62(126)84-8-2-77)134-72(50(121)42(55)113)142-58-38(24-107-16-30(93-100-107)64(128)86-10-4-79)137-74(52(123)45(58)116)144-60-46(117)53(124)75(145-68(60)110-19-33(96-103-110)66(130)88-12-6-81)143-59-39(25-108-17-31(94-101-108)65(129)87-11-5-80)136-73(51(122)44(59)115)141-56-36(133-69(138-54)48(119)41(56)112)22-106-15-29(92-99-106)63(127)85-9-3-78/h13-19,34-60,68-75,111-124H,1-12,20-26,76-82H2,(H7,83,84,85,86,87,88,89,125,126,127,128,129,130,131)/p+1/t34?,35?,36?,37?,38?,39?,40-,41-,42-,43-,44-,45-,46-,47?,48?,49?,50?,51?,52?,53?,54+,55-,56-,57-,58-,59-,60+,68?,69+,70-,71-,72-,73-,74+,75-/m1/s1. The van der Waals surface area contributed by atoms with Gasteiger partial charge in [-0.1, -0.05) is 36.5 Å². The van der Waals surface area contributed by atoms with Crippen LogP contribution < -0.4 is 82.0 Å². The number of H-pyrrole nitrogens is 1. The molecule has 14 unspecified atom stereocenters. The van der Waals surface area contributed by atoms with Crippen LogP contribution in [-0.4, -0.2) is 507 Å².